The average molecular weight is 400 g/mol. The summed E-state index contributed by atoms with van der Waals surface area (Å²) in [5, 5.41) is 5.58. The van der Waals surface area contributed by atoms with E-state index in [-0.39, 0.29) is 11.6 Å². The second-order valence-corrected chi connectivity index (χ2v) is 6.97. The van der Waals surface area contributed by atoms with Crippen LogP contribution in [0.5, 0.6) is 5.75 Å². The summed E-state index contributed by atoms with van der Waals surface area (Å²) in [7, 11) is 1.59. The molecule has 0 aromatic heterocycles. The molecule has 0 saturated carbocycles. The topological polar surface area (TPSA) is 67.4 Å². The van der Waals surface area contributed by atoms with Gasteiger partial charge in [-0.1, -0.05) is 47.5 Å². The quantitative estimate of drug-likeness (QED) is 0.588. The Labute approximate surface area is 176 Å². The molecule has 3 aromatic rings. The highest BCUT2D eigenvalue weighted by Crippen LogP contribution is 2.16. The first kappa shape index (κ1) is 20.9. The molecular weight excluding hydrogens is 376 g/mol. The third-order valence-electron chi connectivity index (χ3n) is 4.51. The highest BCUT2D eigenvalue weighted by Gasteiger charge is 2.15. The van der Waals surface area contributed by atoms with E-state index >= 15 is 0 Å². The zero-order valence-electron chi connectivity index (χ0n) is 17.2. The number of carbonyl (C=O) groups is 2. The van der Waals surface area contributed by atoms with Crippen LogP contribution >= 0.6 is 0 Å². The van der Waals surface area contributed by atoms with E-state index < -0.39 is 5.91 Å². The van der Waals surface area contributed by atoms with Gasteiger partial charge in [0.15, 0.2) is 0 Å². The average Bonchev–Trinajstić information content (AvgIpc) is 2.75. The minimum Gasteiger partial charge on any atom is -0.497 e. The van der Waals surface area contributed by atoms with Crippen molar-refractivity contribution in [2.24, 2.45) is 0 Å². The molecule has 2 N–H and O–H groups in total. The van der Waals surface area contributed by atoms with Crippen molar-refractivity contribution < 1.29 is 14.3 Å². The standard InChI is InChI=1S/C25H24N2O3/c1-17-7-11-21(12-8-17)26-25(29)23(16-19-9-13-22(30-3)14-10-19)27-24(28)20-6-4-5-18(2)15-20/h4-16H,1-3H3,(H,26,29)(H,27,28). The second-order valence-electron chi connectivity index (χ2n) is 6.97. The first-order valence-electron chi connectivity index (χ1n) is 9.56. The molecular formula is C25H24N2O3. The monoisotopic (exact) mass is 400 g/mol. The maximum atomic E-state index is 12.9. The number of aryl methyl sites for hydroxylation is 2. The van der Waals surface area contributed by atoms with Crippen LogP contribution in [0.4, 0.5) is 5.69 Å². The number of rotatable bonds is 6. The third-order valence-corrected chi connectivity index (χ3v) is 4.51. The van der Waals surface area contributed by atoms with E-state index in [1.165, 1.54) is 0 Å². The third kappa shape index (κ3) is 5.58. The van der Waals surface area contributed by atoms with Crippen LogP contribution in [-0.2, 0) is 4.79 Å². The van der Waals surface area contributed by atoms with E-state index in [4.69, 9.17) is 4.74 Å². The van der Waals surface area contributed by atoms with Crippen molar-refractivity contribution in [3.63, 3.8) is 0 Å². The Morgan fingerprint density at radius 1 is 0.867 bits per heavy atom. The molecule has 0 radical (unpaired) electrons. The van der Waals surface area contributed by atoms with E-state index in [2.05, 4.69) is 10.6 Å². The zero-order chi connectivity index (χ0) is 21.5. The Bertz CT molecular complexity index is 1070. The summed E-state index contributed by atoms with van der Waals surface area (Å²) in [6.07, 6.45) is 1.64. The maximum Gasteiger partial charge on any atom is 0.272 e. The summed E-state index contributed by atoms with van der Waals surface area (Å²) >= 11 is 0. The molecule has 3 rings (SSSR count). The van der Waals surface area contributed by atoms with Crippen LogP contribution in [0.2, 0.25) is 0 Å². The highest BCUT2D eigenvalue weighted by molar-refractivity contribution is 6.10. The molecule has 0 aliphatic carbocycles. The second kappa shape index (κ2) is 9.56. The van der Waals surface area contributed by atoms with Gasteiger partial charge in [-0.05, 0) is 61.9 Å². The lowest BCUT2D eigenvalue weighted by atomic mass is 10.1. The van der Waals surface area contributed by atoms with E-state index in [1.807, 2.05) is 62.4 Å². The van der Waals surface area contributed by atoms with Crippen molar-refractivity contribution in [1.82, 2.24) is 5.32 Å². The smallest absolute Gasteiger partial charge is 0.272 e. The van der Waals surface area contributed by atoms with Gasteiger partial charge in [0, 0.05) is 11.3 Å². The van der Waals surface area contributed by atoms with Crippen molar-refractivity contribution >= 4 is 23.6 Å². The van der Waals surface area contributed by atoms with Crippen LogP contribution < -0.4 is 15.4 Å². The lowest BCUT2D eigenvalue weighted by Gasteiger charge is -2.12. The van der Waals surface area contributed by atoms with Crippen molar-refractivity contribution in [2.75, 3.05) is 12.4 Å². The van der Waals surface area contributed by atoms with Crippen molar-refractivity contribution in [3.8, 4) is 5.75 Å². The highest BCUT2D eigenvalue weighted by atomic mass is 16.5. The van der Waals surface area contributed by atoms with E-state index in [0.717, 1.165) is 16.7 Å². The molecule has 5 heteroatoms. The van der Waals surface area contributed by atoms with Gasteiger partial charge in [-0.2, -0.15) is 0 Å². The molecule has 0 atom stereocenters. The predicted octanol–water partition coefficient (Wildman–Crippen LogP) is 4.72. The molecule has 0 spiro atoms. The number of amides is 2. The zero-order valence-corrected chi connectivity index (χ0v) is 17.2. The normalized spacial score (nSPS) is 11.0. The lowest BCUT2D eigenvalue weighted by molar-refractivity contribution is -0.113. The molecule has 0 fully saturated rings. The van der Waals surface area contributed by atoms with Gasteiger partial charge in [-0.3, -0.25) is 9.59 Å². The van der Waals surface area contributed by atoms with Gasteiger partial charge in [-0.25, -0.2) is 0 Å². The fraction of sp³-hybridized carbons (Fsp3) is 0.120. The Balaban J connectivity index is 1.88. The lowest BCUT2D eigenvalue weighted by Crippen LogP contribution is -2.30. The number of ether oxygens (including phenoxy) is 1. The number of anilines is 1. The van der Waals surface area contributed by atoms with Crippen molar-refractivity contribution in [1.29, 1.82) is 0 Å². The Morgan fingerprint density at radius 2 is 1.57 bits per heavy atom. The van der Waals surface area contributed by atoms with E-state index in [9.17, 15) is 9.59 Å². The van der Waals surface area contributed by atoms with E-state index in [0.29, 0.717) is 17.0 Å². The molecule has 0 bridgehead atoms. The van der Waals surface area contributed by atoms with Gasteiger partial charge in [0.25, 0.3) is 11.8 Å². The van der Waals surface area contributed by atoms with E-state index in [1.54, 1.807) is 37.5 Å². The van der Waals surface area contributed by atoms with Gasteiger partial charge in [-0.15, -0.1) is 0 Å². The number of hydrogen-bond donors (Lipinski definition) is 2. The summed E-state index contributed by atoms with van der Waals surface area (Å²) in [6.45, 7) is 3.89. The first-order valence-corrected chi connectivity index (χ1v) is 9.56. The SMILES string of the molecule is COc1ccc(C=C(NC(=O)c2cccc(C)c2)C(=O)Nc2ccc(C)cc2)cc1. The molecule has 0 aliphatic heterocycles. The number of hydrogen-bond acceptors (Lipinski definition) is 3. The molecule has 2 amide bonds. The van der Waals surface area contributed by atoms with Gasteiger partial charge in [0.2, 0.25) is 0 Å². The summed E-state index contributed by atoms with van der Waals surface area (Å²) in [5.41, 5.74) is 4.10. The maximum absolute atomic E-state index is 12.9. The minimum atomic E-state index is -0.407. The van der Waals surface area contributed by atoms with Gasteiger partial charge >= 0.3 is 0 Å². The van der Waals surface area contributed by atoms with Gasteiger partial charge < -0.3 is 15.4 Å². The predicted molar refractivity (Wildman–Crippen MR) is 119 cm³/mol. The number of benzene rings is 3. The van der Waals surface area contributed by atoms with Crippen LogP contribution in [0, 0.1) is 13.8 Å². The largest absolute Gasteiger partial charge is 0.497 e. The van der Waals surface area contributed by atoms with Crippen LogP contribution in [0.1, 0.15) is 27.0 Å². The molecule has 0 saturated heterocycles. The Kier molecular flexibility index (Phi) is 6.65. The first-order chi connectivity index (χ1) is 14.4. The number of methoxy groups -OCH3 is 1. The van der Waals surface area contributed by atoms with Crippen LogP contribution in [-0.4, -0.2) is 18.9 Å². The Hall–Kier alpha value is -3.86. The van der Waals surface area contributed by atoms with Crippen LogP contribution in [0.3, 0.4) is 0 Å². The molecule has 0 heterocycles. The molecule has 0 unspecified atom stereocenters. The molecule has 0 aliphatic rings. The Morgan fingerprint density at radius 3 is 2.20 bits per heavy atom. The van der Waals surface area contributed by atoms with Crippen LogP contribution in [0.15, 0.2) is 78.5 Å². The summed E-state index contributed by atoms with van der Waals surface area (Å²) in [5.74, 6) is -0.0465. The van der Waals surface area contributed by atoms with Crippen molar-refractivity contribution in [2.45, 2.75) is 13.8 Å². The fourth-order valence-corrected chi connectivity index (χ4v) is 2.84. The molecule has 3 aromatic carbocycles. The number of carbonyl (C=O) groups excluding carboxylic acids is 2. The minimum absolute atomic E-state index is 0.146. The van der Waals surface area contributed by atoms with Gasteiger partial charge in [0.1, 0.15) is 11.4 Å². The van der Waals surface area contributed by atoms with Crippen molar-refractivity contribution in [3.05, 3.63) is 101 Å². The molecule has 5 nitrogen and oxygen atoms in total. The summed E-state index contributed by atoms with van der Waals surface area (Å²) < 4.78 is 5.17. The van der Waals surface area contributed by atoms with Gasteiger partial charge in [0.05, 0.1) is 7.11 Å². The number of nitrogens with one attached hydrogen (secondary N) is 2. The van der Waals surface area contributed by atoms with Crippen LogP contribution in [0.25, 0.3) is 6.08 Å². The molecule has 30 heavy (non-hydrogen) atoms. The summed E-state index contributed by atoms with van der Waals surface area (Å²) in [6, 6.07) is 21.9. The summed E-state index contributed by atoms with van der Waals surface area (Å²) in [4.78, 5) is 25.7. The fourth-order valence-electron chi connectivity index (χ4n) is 2.84. The molecule has 152 valence electrons.